The van der Waals surface area contributed by atoms with E-state index in [1.54, 1.807) is 36.6 Å². The maximum Gasteiger partial charge on any atom is 0.240 e. The molecule has 0 amide bonds. The summed E-state index contributed by atoms with van der Waals surface area (Å²) in [5, 5.41) is 6.24. The van der Waals surface area contributed by atoms with Gasteiger partial charge >= 0.3 is 0 Å². The third-order valence-corrected chi connectivity index (χ3v) is 5.83. The highest BCUT2D eigenvalue weighted by molar-refractivity contribution is 14.0. The van der Waals surface area contributed by atoms with Crippen LogP contribution in [0.3, 0.4) is 0 Å². The first-order chi connectivity index (χ1) is 15.0. The van der Waals surface area contributed by atoms with Crippen LogP contribution in [0.2, 0.25) is 0 Å². The SMILES string of the molecule is CCNC(=NCc1coc(-c2ccc(C)cc2)n1)NCCNS(=O)(=O)c1ccccc1.I. The molecule has 0 aliphatic heterocycles. The van der Waals surface area contributed by atoms with Gasteiger partial charge in [-0.2, -0.15) is 0 Å². The molecule has 0 bridgehead atoms. The Hall–Kier alpha value is -2.44. The molecule has 2 aromatic carbocycles. The molecular weight excluding hydrogens is 541 g/mol. The second-order valence-corrected chi connectivity index (χ2v) is 8.61. The number of sulfonamides is 1. The van der Waals surface area contributed by atoms with Gasteiger partial charge in [0.05, 0.1) is 11.4 Å². The van der Waals surface area contributed by atoms with E-state index in [4.69, 9.17) is 4.42 Å². The van der Waals surface area contributed by atoms with Gasteiger partial charge < -0.3 is 15.1 Å². The molecule has 0 saturated heterocycles. The number of rotatable bonds is 9. The van der Waals surface area contributed by atoms with Crippen LogP contribution in [0, 0.1) is 6.92 Å². The Bertz CT molecular complexity index is 1100. The first-order valence-corrected chi connectivity index (χ1v) is 11.5. The minimum atomic E-state index is -3.52. The van der Waals surface area contributed by atoms with E-state index < -0.39 is 10.0 Å². The molecule has 8 nitrogen and oxygen atoms in total. The highest BCUT2D eigenvalue weighted by Crippen LogP contribution is 2.19. The largest absolute Gasteiger partial charge is 0.444 e. The third-order valence-electron chi connectivity index (χ3n) is 4.36. The van der Waals surface area contributed by atoms with Crippen LogP contribution in [0.4, 0.5) is 0 Å². The maximum absolute atomic E-state index is 12.2. The van der Waals surface area contributed by atoms with Gasteiger partial charge in [-0.25, -0.2) is 23.1 Å². The van der Waals surface area contributed by atoms with E-state index in [1.165, 1.54) is 5.56 Å². The van der Waals surface area contributed by atoms with Gasteiger partial charge in [-0.15, -0.1) is 24.0 Å². The Morgan fingerprint density at radius 2 is 1.75 bits per heavy atom. The Labute approximate surface area is 206 Å². The monoisotopic (exact) mass is 569 g/mol. The van der Waals surface area contributed by atoms with Gasteiger partial charge in [-0.1, -0.05) is 35.9 Å². The lowest BCUT2D eigenvalue weighted by Gasteiger charge is -2.11. The number of aryl methyl sites for hydroxylation is 1. The van der Waals surface area contributed by atoms with Gasteiger partial charge in [0.2, 0.25) is 15.9 Å². The van der Waals surface area contributed by atoms with E-state index in [0.29, 0.717) is 37.2 Å². The van der Waals surface area contributed by atoms with Crippen molar-refractivity contribution >= 4 is 40.0 Å². The number of nitrogens with zero attached hydrogens (tertiary/aromatic N) is 2. The van der Waals surface area contributed by atoms with Gasteiger partial charge in [0.1, 0.15) is 12.0 Å². The quantitative estimate of drug-likeness (QED) is 0.158. The summed E-state index contributed by atoms with van der Waals surface area (Å²) in [4.78, 5) is 9.22. The summed E-state index contributed by atoms with van der Waals surface area (Å²) in [5.41, 5.74) is 2.79. The molecule has 0 radical (unpaired) electrons. The van der Waals surface area contributed by atoms with Crippen molar-refractivity contribution in [2.75, 3.05) is 19.6 Å². The summed E-state index contributed by atoms with van der Waals surface area (Å²) in [6, 6.07) is 16.2. The molecule has 3 rings (SSSR count). The highest BCUT2D eigenvalue weighted by Gasteiger charge is 2.12. The first-order valence-electron chi connectivity index (χ1n) is 10.1. The molecule has 1 heterocycles. The molecule has 3 aromatic rings. The molecule has 32 heavy (non-hydrogen) atoms. The van der Waals surface area contributed by atoms with Crippen LogP contribution in [0.5, 0.6) is 0 Å². The Morgan fingerprint density at radius 3 is 2.44 bits per heavy atom. The topological polar surface area (TPSA) is 109 Å². The summed E-state index contributed by atoms with van der Waals surface area (Å²) in [6.07, 6.45) is 1.59. The number of hydrogen-bond donors (Lipinski definition) is 3. The summed E-state index contributed by atoms with van der Waals surface area (Å²) >= 11 is 0. The fourth-order valence-corrected chi connectivity index (χ4v) is 3.81. The van der Waals surface area contributed by atoms with Crippen molar-refractivity contribution in [1.82, 2.24) is 20.3 Å². The first kappa shape index (κ1) is 25.8. The predicted molar refractivity (Wildman–Crippen MR) is 137 cm³/mol. The number of aromatic nitrogens is 1. The lowest BCUT2D eigenvalue weighted by Crippen LogP contribution is -2.41. The molecule has 0 fully saturated rings. The second kappa shape index (κ2) is 12.6. The molecule has 10 heteroatoms. The lowest BCUT2D eigenvalue weighted by molar-refractivity contribution is 0.572. The van der Waals surface area contributed by atoms with Crippen LogP contribution in [0.1, 0.15) is 18.2 Å². The zero-order valence-corrected chi connectivity index (χ0v) is 21.2. The van der Waals surface area contributed by atoms with Crippen LogP contribution in [-0.4, -0.2) is 39.0 Å². The number of aliphatic imine (C=N–C) groups is 1. The number of guanidine groups is 1. The number of nitrogens with one attached hydrogen (secondary N) is 3. The molecule has 0 spiro atoms. The Balaban J connectivity index is 0.00000363. The summed E-state index contributed by atoms with van der Waals surface area (Å²) in [6.45, 7) is 5.60. The Morgan fingerprint density at radius 1 is 1.03 bits per heavy atom. The van der Waals surface area contributed by atoms with E-state index in [2.05, 4.69) is 25.3 Å². The average Bonchev–Trinajstić information content (AvgIpc) is 3.25. The molecule has 1 aromatic heterocycles. The van der Waals surface area contributed by atoms with Crippen LogP contribution < -0.4 is 15.4 Å². The molecule has 0 aliphatic carbocycles. The summed E-state index contributed by atoms with van der Waals surface area (Å²) in [7, 11) is -3.52. The summed E-state index contributed by atoms with van der Waals surface area (Å²) in [5.74, 6) is 1.12. The van der Waals surface area contributed by atoms with Gasteiger partial charge in [0.25, 0.3) is 0 Å². The van der Waals surface area contributed by atoms with Crippen LogP contribution in [0.15, 0.2) is 75.2 Å². The van der Waals surface area contributed by atoms with Crippen molar-refractivity contribution in [2.45, 2.75) is 25.3 Å². The number of halogens is 1. The van der Waals surface area contributed by atoms with E-state index in [-0.39, 0.29) is 35.4 Å². The second-order valence-electron chi connectivity index (χ2n) is 6.84. The fraction of sp³-hybridized carbons (Fsp3) is 0.273. The van der Waals surface area contributed by atoms with Crippen LogP contribution >= 0.6 is 24.0 Å². The van der Waals surface area contributed by atoms with Crippen molar-refractivity contribution in [3.05, 3.63) is 72.1 Å². The average molecular weight is 569 g/mol. The molecule has 0 aliphatic rings. The maximum atomic E-state index is 12.2. The lowest BCUT2D eigenvalue weighted by atomic mass is 10.1. The zero-order valence-electron chi connectivity index (χ0n) is 18.0. The van der Waals surface area contributed by atoms with Crippen LogP contribution in [0.25, 0.3) is 11.5 Å². The van der Waals surface area contributed by atoms with Gasteiger partial charge in [0, 0.05) is 25.2 Å². The van der Waals surface area contributed by atoms with Crippen molar-refractivity contribution in [2.24, 2.45) is 4.99 Å². The molecule has 0 saturated carbocycles. The fourth-order valence-electron chi connectivity index (χ4n) is 2.76. The van der Waals surface area contributed by atoms with Gasteiger partial charge in [-0.3, -0.25) is 0 Å². The Kier molecular flexibility index (Phi) is 10.1. The molecular formula is C22H28IN5O3S. The molecule has 3 N–H and O–H groups in total. The van der Waals surface area contributed by atoms with E-state index in [9.17, 15) is 8.42 Å². The van der Waals surface area contributed by atoms with E-state index >= 15 is 0 Å². The minimum absolute atomic E-state index is 0. The normalized spacial score (nSPS) is 11.6. The summed E-state index contributed by atoms with van der Waals surface area (Å²) < 4.78 is 32.6. The highest BCUT2D eigenvalue weighted by atomic mass is 127. The smallest absolute Gasteiger partial charge is 0.240 e. The number of oxazole rings is 1. The van der Waals surface area contributed by atoms with Crippen molar-refractivity contribution in [3.8, 4) is 11.5 Å². The zero-order chi connectivity index (χ0) is 22.1. The van der Waals surface area contributed by atoms with Crippen molar-refractivity contribution in [3.63, 3.8) is 0 Å². The molecule has 172 valence electrons. The van der Waals surface area contributed by atoms with Gasteiger partial charge in [-0.05, 0) is 38.1 Å². The number of hydrogen-bond acceptors (Lipinski definition) is 5. The number of benzene rings is 2. The molecule has 0 atom stereocenters. The van der Waals surface area contributed by atoms with Gasteiger partial charge in [0.15, 0.2) is 5.96 Å². The third kappa shape index (κ3) is 7.61. The van der Waals surface area contributed by atoms with Crippen molar-refractivity contribution < 1.29 is 12.8 Å². The standard InChI is InChI=1S/C22H27N5O3S.HI/c1-3-23-22(24-13-14-26-31(28,29)20-7-5-4-6-8-20)25-15-19-16-30-21(27-19)18-11-9-17(2)10-12-18;/h4-12,16,26H,3,13-15H2,1-2H3,(H2,23,24,25);1H. The van der Waals surface area contributed by atoms with Crippen LogP contribution in [-0.2, 0) is 16.6 Å². The predicted octanol–water partition coefficient (Wildman–Crippen LogP) is 3.30. The minimum Gasteiger partial charge on any atom is -0.444 e. The van der Waals surface area contributed by atoms with E-state index in [0.717, 1.165) is 5.56 Å². The van der Waals surface area contributed by atoms with Crippen molar-refractivity contribution in [1.29, 1.82) is 0 Å². The molecule has 0 unspecified atom stereocenters. The van der Waals surface area contributed by atoms with E-state index in [1.807, 2.05) is 38.1 Å².